The van der Waals surface area contributed by atoms with Gasteiger partial charge in [0.2, 0.25) is 35.4 Å². The number of H-pyrrole nitrogens is 1. The predicted molar refractivity (Wildman–Crippen MR) is 287 cm³/mol. The fourth-order valence-corrected chi connectivity index (χ4v) is 11.8. The Balaban J connectivity index is 0.957. The molecule has 0 aliphatic carbocycles. The number of hydrogen-bond acceptors (Lipinski definition) is 11. The van der Waals surface area contributed by atoms with E-state index in [1.54, 1.807) is 19.2 Å². The van der Waals surface area contributed by atoms with E-state index in [1.807, 2.05) is 66.7 Å². The first-order valence-corrected chi connectivity index (χ1v) is 27.8. The molecule has 2 aromatic heterocycles. The normalized spacial score (nSPS) is 19.2. The lowest BCUT2D eigenvalue weighted by Gasteiger charge is -2.39. The fraction of sp³-hybridized carbons (Fsp3) is 0.357. The molecular weight excluding hydrogens is 1040 g/mol. The van der Waals surface area contributed by atoms with E-state index in [2.05, 4.69) is 20.9 Å². The molecule has 0 radical (unpaired) electrons. The smallest absolute Gasteiger partial charge is 0.370 e. The number of hydrogen-bond donors (Lipinski definition) is 7. The highest BCUT2D eigenvalue weighted by Crippen LogP contribution is 2.40. The second-order valence-corrected chi connectivity index (χ2v) is 21.9. The van der Waals surface area contributed by atoms with E-state index in [0.717, 1.165) is 16.7 Å². The van der Waals surface area contributed by atoms with Crippen molar-refractivity contribution in [3.8, 4) is 0 Å². The van der Waals surface area contributed by atoms with Crippen molar-refractivity contribution in [2.45, 2.75) is 107 Å². The van der Waals surface area contributed by atoms with Gasteiger partial charge >= 0.3 is 13.3 Å². The summed E-state index contributed by atoms with van der Waals surface area (Å²) in [6, 6.07) is 24.0. The molecule has 3 fully saturated rings. The number of Topliss-reactive ketones (excluding diaryl/α,β-unsaturated/α-hetero) is 1. The summed E-state index contributed by atoms with van der Waals surface area (Å²) in [7, 11) is -3.55. The zero-order chi connectivity index (χ0) is 56.3. The van der Waals surface area contributed by atoms with E-state index in [4.69, 9.17) is 5.73 Å². The average molecular weight is 1100 g/mol. The highest BCUT2D eigenvalue weighted by Gasteiger charge is 2.46. The molecule has 7 amide bonds. The second kappa shape index (κ2) is 23.3. The zero-order valence-electron chi connectivity index (χ0n) is 43.2. The summed E-state index contributed by atoms with van der Waals surface area (Å²) < 4.78 is 14.6. The topological polar surface area (TPSA) is 322 Å². The van der Waals surface area contributed by atoms with Gasteiger partial charge in [0.15, 0.2) is 5.78 Å². The number of aryl methyl sites for hydroxylation is 2. The van der Waals surface area contributed by atoms with Crippen LogP contribution < -0.4 is 27.4 Å². The van der Waals surface area contributed by atoms with Crippen LogP contribution in [-0.2, 0) is 51.6 Å². The Hall–Kier alpha value is -8.33. The van der Waals surface area contributed by atoms with Crippen LogP contribution in [0.1, 0.15) is 114 Å². The molecule has 1 unspecified atom stereocenters. The molecule has 79 heavy (non-hydrogen) atoms. The quantitative estimate of drug-likeness (QED) is 0.0453. The fourth-order valence-electron chi connectivity index (χ4n) is 11.3. The van der Waals surface area contributed by atoms with E-state index in [1.165, 1.54) is 43.2 Å². The molecule has 3 aliphatic rings. The molecule has 412 valence electrons. The van der Waals surface area contributed by atoms with Gasteiger partial charge in [0.1, 0.15) is 23.8 Å². The van der Waals surface area contributed by atoms with Crippen LogP contribution in [0.3, 0.4) is 0 Å². The largest absolute Gasteiger partial charge is 0.396 e. The van der Waals surface area contributed by atoms with Crippen LogP contribution in [0.25, 0.3) is 21.9 Å². The van der Waals surface area contributed by atoms with Gasteiger partial charge in [-0.25, -0.2) is 4.79 Å². The Morgan fingerprint density at radius 2 is 1.54 bits per heavy atom. The number of amides is 7. The molecule has 5 atom stereocenters. The van der Waals surface area contributed by atoms with Crippen LogP contribution in [0, 0.1) is 0 Å². The molecule has 9 rings (SSSR count). The first-order chi connectivity index (χ1) is 37.8. The van der Waals surface area contributed by atoms with Gasteiger partial charge in [-0.3, -0.25) is 62.2 Å². The number of rotatable bonds is 19. The Labute approximate surface area is 452 Å². The van der Waals surface area contributed by atoms with Crippen LogP contribution >= 0.6 is 7.60 Å². The minimum absolute atomic E-state index is 0.0136. The number of carbonyl (C=O) groups excluding carboxylic acids is 9. The van der Waals surface area contributed by atoms with Gasteiger partial charge < -0.3 is 40.9 Å². The highest BCUT2D eigenvalue weighted by molar-refractivity contribution is 7.70. The van der Waals surface area contributed by atoms with Crippen molar-refractivity contribution < 1.29 is 57.5 Å². The molecule has 8 N–H and O–H groups in total. The first kappa shape index (κ1) is 55.4. The Kier molecular flexibility index (Phi) is 16.4. The molecule has 3 saturated heterocycles. The van der Waals surface area contributed by atoms with E-state index in [9.17, 15) is 57.5 Å². The second-order valence-electron chi connectivity index (χ2n) is 20.4. The third-order valence-electron chi connectivity index (χ3n) is 15.3. The minimum atomic E-state index is -5.14. The summed E-state index contributed by atoms with van der Waals surface area (Å²) in [6.45, 7) is -0.198. The van der Waals surface area contributed by atoms with Crippen molar-refractivity contribution in [1.82, 2.24) is 39.9 Å². The molecule has 0 bridgehead atoms. The van der Waals surface area contributed by atoms with Gasteiger partial charge in [-0.05, 0) is 92.0 Å². The van der Waals surface area contributed by atoms with E-state index < -0.39 is 90.4 Å². The molecule has 4 aromatic carbocycles. The third kappa shape index (κ3) is 12.1. The van der Waals surface area contributed by atoms with Gasteiger partial charge in [-0.2, -0.15) is 0 Å². The van der Waals surface area contributed by atoms with Crippen LogP contribution in [0.4, 0.5) is 0 Å². The molecule has 0 saturated carbocycles. The Morgan fingerprint density at radius 3 is 2.22 bits per heavy atom. The third-order valence-corrected chi connectivity index (χ3v) is 16.1. The SMILES string of the molecule is Cn1c(=O)n(C2CCC(=O)NC2=O)c2cccc(CCCC(=O)N3CC[C@H]4CC[C@@H](C(=O)N[C@@H](CCC(N)=O)C(=O)CC(c5ccccc5)c5ccccc5)N4C(=O)[C@@H](NC(=O)c4cc5cc(C(=O)P(=O)(O)O)ccc5[nH]4)C3)c21. The Morgan fingerprint density at radius 1 is 0.835 bits per heavy atom. The number of fused-ring (bicyclic) bond motifs is 3. The molecule has 22 nitrogen and oxygen atoms in total. The van der Waals surface area contributed by atoms with Crippen molar-refractivity contribution in [1.29, 1.82) is 0 Å². The van der Waals surface area contributed by atoms with Gasteiger partial charge in [0.05, 0.1) is 17.1 Å². The lowest BCUT2D eigenvalue weighted by atomic mass is 9.85. The van der Waals surface area contributed by atoms with E-state index in [-0.39, 0.29) is 92.8 Å². The van der Waals surface area contributed by atoms with Crippen molar-refractivity contribution in [3.05, 3.63) is 142 Å². The minimum Gasteiger partial charge on any atom is -0.370 e. The molecule has 5 heterocycles. The summed E-state index contributed by atoms with van der Waals surface area (Å²) in [5, 5.41) is 8.18. The van der Waals surface area contributed by atoms with Crippen molar-refractivity contribution in [2.75, 3.05) is 13.1 Å². The summed E-state index contributed by atoms with van der Waals surface area (Å²) in [5.74, 6) is -4.90. The number of ketones is 1. The summed E-state index contributed by atoms with van der Waals surface area (Å²) in [5.41, 5.74) is 7.18. The van der Waals surface area contributed by atoms with Crippen molar-refractivity contribution in [2.24, 2.45) is 12.8 Å². The molecule has 3 aliphatic heterocycles. The lowest BCUT2D eigenvalue weighted by Crippen LogP contribution is -2.61. The number of imidazole rings is 1. The maximum atomic E-state index is 15.1. The molecule has 0 spiro atoms. The number of nitrogens with zero attached hydrogens (tertiary/aromatic N) is 4. The van der Waals surface area contributed by atoms with Crippen molar-refractivity contribution in [3.63, 3.8) is 0 Å². The Bertz CT molecular complexity index is 3470. The van der Waals surface area contributed by atoms with Crippen LogP contribution in [0.2, 0.25) is 0 Å². The average Bonchev–Trinajstić information content (AvgIpc) is 4.32. The number of para-hydroxylation sites is 1. The van der Waals surface area contributed by atoms with Crippen LogP contribution in [0.5, 0.6) is 0 Å². The number of aromatic nitrogens is 3. The number of benzene rings is 4. The number of carbonyl (C=O) groups is 9. The van der Waals surface area contributed by atoms with Crippen LogP contribution in [-0.4, -0.2) is 124 Å². The number of piperidine rings is 1. The molecule has 6 aromatic rings. The van der Waals surface area contributed by atoms with Crippen molar-refractivity contribution >= 4 is 82.2 Å². The summed E-state index contributed by atoms with van der Waals surface area (Å²) >= 11 is 0. The van der Waals surface area contributed by atoms with Gasteiger partial charge in [-0.1, -0.05) is 72.8 Å². The standard InChI is InChI=1S/C56H60N9O13P/c1-62-50-34(14-8-16-43(50)65(56(62)75)45-23-25-48(68)61-53(45)72)15-9-17-49(69)63-27-26-37-19-22-44(52(71)59-40(21-24-47(57)67)46(66)30-38(32-10-4-2-5-11-32)33-12-6-3-7-13-33)64(37)54(73)42(31-63)60-51(70)41-29-36-28-35(18-20-39(36)58-41)55(74)79(76,77)78/h2-8,10-14,16,18,20,28-29,37-38,40,42,44-45,58H,9,15,17,19,21-27,30-31H2,1H3,(H2,57,67)(H,59,71)(H,60,70)(H,61,68,72)(H2,76,77,78)/t37-,40+,42+,44+,45?/m1/s1. The molecular formula is C56H60N9O13P. The number of aromatic amines is 1. The lowest BCUT2D eigenvalue weighted by molar-refractivity contribution is -0.145. The number of nitrogens with two attached hydrogens (primary N) is 1. The van der Waals surface area contributed by atoms with E-state index in [0.29, 0.717) is 35.8 Å². The van der Waals surface area contributed by atoms with Crippen LogP contribution in [0.15, 0.2) is 108 Å². The maximum absolute atomic E-state index is 15.1. The highest BCUT2D eigenvalue weighted by atomic mass is 31.2. The molecule has 23 heteroatoms. The predicted octanol–water partition coefficient (Wildman–Crippen LogP) is 3.37. The number of primary amides is 1. The van der Waals surface area contributed by atoms with Gasteiger partial charge in [0, 0.05) is 74.2 Å². The van der Waals surface area contributed by atoms with E-state index >= 15 is 4.79 Å². The first-order valence-electron chi connectivity index (χ1n) is 26.1. The number of imide groups is 1. The summed E-state index contributed by atoms with van der Waals surface area (Å²) in [4.78, 5) is 160. The number of nitrogens with one attached hydrogen (secondary N) is 4. The van der Waals surface area contributed by atoms with Gasteiger partial charge in [-0.15, -0.1) is 0 Å². The maximum Gasteiger partial charge on any atom is 0.396 e. The zero-order valence-corrected chi connectivity index (χ0v) is 44.1. The van der Waals surface area contributed by atoms with Gasteiger partial charge in [0.25, 0.3) is 11.4 Å². The monoisotopic (exact) mass is 1100 g/mol. The summed E-state index contributed by atoms with van der Waals surface area (Å²) in [6.07, 6.45) is 1.26.